The molecule has 0 saturated heterocycles. The molecule has 0 radical (unpaired) electrons. The van der Waals surface area contributed by atoms with Crippen LogP contribution in [-0.2, 0) is 4.84 Å². The zero-order valence-corrected chi connectivity index (χ0v) is 11.5. The van der Waals surface area contributed by atoms with E-state index in [9.17, 15) is 0 Å². The van der Waals surface area contributed by atoms with Crippen molar-refractivity contribution in [3.8, 4) is 0 Å². The van der Waals surface area contributed by atoms with Gasteiger partial charge >= 0.3 is 0 Å². The van der Waals surface area contributed by atoms with Gasteiger partial charge in [-0.1, -0.05) is 43.7 Å². The molecule has 1 aromatic carbocycles. The van der Waals surface area contributed by atoms with Crippen LogP contribution in [0.5, 0.6) is 0 Å². The quantitative estimate of drug-likeness (QED) is 0.628. The molecule has 0 spiro atoms. The Kier molecular flexibility index (Phi) is 4.77. The first-order valence-electron chi connectivity index (χ1n) is 6.70. The monoisotopic (exact) mass is 259 g/mol. The number of aliphatic hydroxyl groups excluding tert-OH is 1. The Morgan fingerprint density at radius 1 is 1.32 bits per heavy atom. The van der Waals surface area contributed by atoms with Gasteiger partial charge in [-0.05, 0) is 35.6 Å². The average molecular weight is 259 g/mol. The Morgan fingerprint density at radius 3 is 2.89 bits per heavy atom. The van der Waals surface area contributed by atoms with Crippen LogP contribution in [0.2, 0.25) is 0 Å². The van der Waals surface area contributed by atoms with Crippen LogP contribution in [0.1, 0.15) is 31.4 Å². The molecule has 0 unspecified atom stereocenters. The summed E-state index contributed by atoms with van der Waals surface area (Å²) in [6.07, 6.45) is 7.64. The van der Waals surface area contributed by atoms with Crippen LogP contribution in [0.25, 0.3) is 12.2 Å². The van der Waals surface area contributed by atoms with Gasteiger partial charge in [0.1, 0.15) is 0 Å². The molecule has 3 heteroatoms. The van der Waals surface area contributed by atoms with E-state index >= 15 is 0 Å². The van der Waals surface area contributed by atoms with E-state index in [1.165, 1.54) is 16.7 Å². The standard InChI is InChI=1S/C16H21NO2/c1-12(2)13-4-3-5-14-11-16(17-19-9-8-18)7-6-15(14)10-13/h3,5-7,10-12,17-18H,4,8-9H2,1-2H3. The molecule has 1 aliphatic carbocycles. The van der Waals surface area contributed by atoms with Crippen LogP contribution in [0.3, 0.4) is 0 Å². The van der Waals surface area contributed by atoms with Crippen molar-refractivity contribution in [2.24, 2.45) is 5.92 Å². The van der Waals surface area contributed by atoms with E-state index in [4.69, 9.17) is 9.94 Å². The minimum absolute atomic E-state index is 0.0122. The summed E-state index contributed by atoms with van der Waals surface area (Å²) in [5.41, 5.74) is 7.62. The topological polar surface area (TPSA) is 41.5 Å². The number of hydrogen-bond acceptors (Lipinski definition) is 3. The molecule has 0 aromatic heterocycles. The molecule has 0 saturated carbocycles. The molecule has 0 heterocycles. The fraction of sp³-hybridized carbons (Fsp3) is 0.375. The van der Waals surface area contributed by atoms with Gasteiger partial charge in [0.15, 0.2) is 0 Å². The molecule has 1 aromatic rings. The number of aliphatic hydroxyl groups is 1. The number of fused-ring (bicyclic) bond motifs is 1. The number of nitrogens with one attached hydrogen (secondary N) is 1. The van der Waals surface area contributed by atoms with Gasteiger partial charge in [0, 0.05) is 0 Å². The van der Waals surface area contributed by atoms with Crippen molar-refractivity contribution >= 4 is 17.8 Å². The molecular weight excluding hydrogens is 238 g/mol. The summed E-state index contributed by atoms with van der Waals surface area (Å²) in [6.45, 7) is 4.75. The predicted molar refractivity (Wildman–Crippen MR) is 79.6 cm³/mol. The number of hydrogen-bond donors (Lipinski definition) is 2. The summed E-state index contributed by atoms with van der Waals surface area (Å²) in [4.78, 5) is 5.11. The molecule has 102 valence electrons. The van der Waals surface area contributed by atoms with Crippen LogP contribution in [0, 0.1) is 5.92 Å². The summed E-state index contributed by atoms with van der Waals surface area (Å²) in [7, 11) is 0. The third-order valence-electron chi connectivity index (χ3n) is 3.20. The molecule has 0 bridgehead atoms. The van der Waals surface area contributed by atoms with Crippen molar-refractivity contribution in [2.45, 2.75) is 20.3 Å². The van der Waals surface area contributed by atoms with Gasteiger partial charge in [-0.25, -0.2) is 0 Å². The first-order valence-corrected chi connectivity index (χ1v) is 6.70. The van der Waals surface area contributed by atoms with Gasteiger partial charge in [-0.3, -0.25) is 10.3 Å². The lowest BCUT2D eigenvalue weighted by atomic mass is 9.98. The molecule has 3 nitrogen and oxygen atoms in total. The molecule has 0 atom stereocenters. The van der Waals surface area contributed by atoms with Crippen molar-refractivity contribution in [1.29, 1.82) is 0 Å². The molecule has 0 fully saturated rings. The van der Waals surface area contributed by atoms with E-state index < -0.39 is 0 Å². The second-order valence-corrected chi connectivity index (χ2v) is 5.00. The molecule has 1 aliphatic rings. The van der Waals surface area contributed by atoms with Crippen molar-refractivity contribution < 1.29 is 9.94 Å². The van der Waals surface area contributed by atoms with Crippen molar-refractivity contribution in [2.75, 3.05) is 18.7 Å². The smallest absolute Gasteiger partial charge is 0.0976 e. The zero-order chi connectivity index (χ0) is 13.7. The summed E-state index contributed by atoms with van der Waals surface area (Å²) >= 11 is 0. The maximum atomic E-state index is 8.67. The number of anilines is 1. The summed E-state index contributed by atoms with van der Waals surface area (Å²) in [5.74, 6) is 0.571. The van der Waals surface area contributed by atoms with E-state index in [0.29, 0.717) is 5.92 Å². The molecular formula is C16H21NO2. The number of benzene rings is 1. The van der Waals surface area contributed by atoms with E-state index in [2.05, 4.69) is 49.7 Å². The summed E-state index contributed by atoms with van der Waals surface area (Å²) in [5, 5.41) is 8.67. The molecule has 0 amide bonds. The molecule has 19 heavy (non-hydrogen) atoms. The largest absolute Gasteiger partial charge is 0.394 e. The highest BCUT2D eigenvalue weighted by molar-refractivity contribution is 5.72. The van der Waals surface area contributed by atoms with Gasteiger partial charge < -0.3 is 5.11 Å². The van der Waals surface area contributed by atoms with Gasteiger partial charge in [-0.15, -0.1) is 0 Å². The van der Waals surface area contributed by atoms with Gasteiger partial charge in [0.25, 0.3) is 0 Å². The number of rotatable bonds is 5. The van der Waals surface area contributed by atoms with Crippen molar-refractivity contribution in [3.63, 3.8) is 0 Å². The lowest BCUT2D eigenvalue weighted by molar-refractivity contribution is 0.133. The molecule has 0 aliphatic heterocycles. The third kappa shape index (κ3) is 3.69. The Morgan fingerprint density at radius 2 is 2.16 bits per heavy atom. The fourth-order valence-electron chi connectivity index (χ4n) is 2.08. The van der Waals surface area contributed by atoms with Gasteiger partial charge in [0.2, 0.25) is 0 Å². The maximum Gasteiger partial charge on any atom is 0.0976 e. The van der Waals surface area contributed by atoms with E-state index in [0.717, 1.165) is 12.1 Å². The Bertz CT molecular complexity index is 490. The Balaban J connectivity index is 2.19. The maximum absolute atomic E-state index is 8.67. The Labute approximate surface area is 114 Å². The summed E-state index contributed by atoms with van der Waals surface area (Å²) in [6, 6.07) is 6.14. The second-order valence-electron chi connectivity index (χ2n) is 5.00. The van der Waals surface area contributed by atoms with Crippen LogP contribution >= 0.6 is 0 Å². The Hall–Kier alpha value is -1.58. The fourth-order valence-corrected chi connectivity index (χ4v) is 2.08. The van der Waals surface area contributed by atoms with Crippen LogP contribution in [-0.4, -0.2) is 18.3 Å². The van der Waals surface area contributed by atoms with E-state index in [-0.39, 0.29) is 13.2 Å². The van der Waals surface area contributed by atoms with Gasteiger partial charge in [0.05, 0.1) is 18.9 Å². The zero-order valence-electron chi connectivity index (χ0n) is 11.5. The lowest BCUT2D eigenvalue weighted by Gasteiger charge is -2.10. The second kappa shape index (κ2) is 6.55. The van der Waals surface area contributed by atoms with Crippen LogP contribution < -0.4 is 5.48 Å². The predicted octanol–water partition coefficient (Wildman–Crippen LogP) is 3.48. The lowest BCUT2D eigenvalue weighted by Crippen LogP contribution is -2.05. The molecule has 2 rings (SSSR count). The first kappa shape index (κ1) is 13.8. The van der Waals surface area contributed by atoms with Crippen LogP contribution in [0.4, 0.5) is 5.69 Å². The van der Waals surface area contributed by atoms with E-state index in [1.807, 2.05) is 6.07 Å². The van der Waals surface area contributed by atoms with E-state index in [1.54, 1.807) is 0 Å². The SMILES string of the molecule is CC(C)C1=Cc2ccc(NOCCO)cc2C=CC1. The average Bonchev–Trinajstić information content (AvgIpc) is 2.61. The summed E-state index contributed by atoms with van der Waals surface area (Å²) < 4.78 is 0. The van der Waals surface area contributed by atoms with Crippen molar-refractivity contribution in [1.82, 2.24) is 0 Å². The molecule has 2 N–H and O–H groups in total. The highest BCUT2D eigenvalue weighted by atomic mass is 16.6. The normalized spacial score (nSPS) is 14.0. The third-order valence-corrected chi connectivity index (χ3v) is 3.20. The minimum Gasteiger partial charge on any atom is -0.394 e. The first-order chi connectivity index (χ1) is 9.20. The minimum atomic E-state index is 0.0122. The highest BCUT2D eigenvalue weighted by Gasteiger charge is 2.08. The van der Waals surface area contributed by atoms with Gasteiger partial charge in [-0.2, -0.15) is 0 Å². The number of allylic oxidation sites excluding steroid dienone is 2. The van der Waals surface area contributed by atoms with Crippen LogP contribution in [0.15, 0.2) is 29.8 Å². The highest BCUT2D eigenvalue weighted by Crippen LogP contribution is 2.27. The van der Waals surface area contributed by atoms with Crippen molar-refractivity contribution in [3.05, 3.63) is 41.0 Å².